The molecule has 2 aromatic heterocycles. The summed E-state index contributed by atoms with van der Waals surface area (Å²) in [5.74, 6) is 0. The van der Waals surface area contributed by atoms with Crippen molar-refractivity contribution in [2.75, 3.05) is 11.9 Å². The number of hydrogen-bond donors (Lipinski definition) is 0. The first-order valence-corrected chi connectivity index (χ1v) is 12.6. The summed E-state index contributed by atoms with van der Waals surface area (Å²) in [6.45, 7) is 6.65. The number of hydrogen-bond acceptors (Lipinski definition) is 7. The number of rotatable bonds is 2. The lowest BCUT2D eigenvalue weighted by Crippen LogP contribution is -2.68. The Labute approximate surface area is 203 Å². The van der Waals surface area contributed by atoms with Gasteiger partial charge >= 0.3 is 4.96 Å². The van der Waals surface area contributed by atoms with Crippen molar-refractivity contribution in [1.29, 1.82) is 0 Å². The van der Waals surface area contributed by atoms with Crippen LogP contribution in [0.5, 0.6) is 0 Å². The van der Waals surface area contributed by atoms with E-state index in [2.05, 4.69) is 110 Å². The average Bonchev–Trinajstić information content (AvgIpc) is 3.21. The molecule has 0 saturated carbocycles. The van der Waals surface area contributed by atoms with E-state index in [1.54, 1.807) is 11.3 Å². The Morgan fingerprint density at radius 2 is 1.68 bits per heavy atom. The molecule has 5 rings (SSSR count). The Balaban J connectivity index is 0.000000499. The van der Waals surface area contributed by atoms with E-state index < -0.39 is 10.2 Å². The number of thiazole rings is 1. The molecule has 0 aliphatic carbocycles. The Hall–Kier alpha value is -2.85. The molecular weight excluding hydrogens is 474 g/mol. The molecule has 0 saturated heterocycles. The Morgan fingerprint density at radius 1 is 1.03 bits per heavy atom. The summed E-state index contributed by atoms with van der Waals surface area (Å²) < 4.78 is 37.5. The first kappa shape index (κ1) is 24.3. The molecule has 0 radical (unpaired) electrons. The molecule has 0 unspecified atom stereocenters. The van der Waals surface area contributed by atoms with Gasteiger partial charge in [-0.25, -0.2) is 18.6 Å². The maximum absolute atomic E-state index is 8.49. The summed E-state index contributed by atoms with van der Waals surface area (Å²) in [5, 5.41) is 0. The number of aryl methyl sites for hydroxylation is 1. The van der Waals surface area contributed by atoms with Crippen LogP contribution >= 0.6 is 11.3 Å². The van der Waals surface area contributed by atoms with E-state index in [-0.39, 0.29) is 5.41 Å². The van der Waals surface area contributed by atoms with Gasteiger partial charge in [0.2, 0.25) is 0 Å². The number of anilines is 1. The summed E-state index contributed by atoms with van der Waals surface area (Å²) in [7, 11) is -2.79. The van der Waals surface area contributed by atoms with Crippen LogP contribution in [0.4, 0.5) is 5.69 Å². The minimum atomic E-state index is -4.94. The van der Waals surface area contributed by atoms with Crippen LogP contribution in [0.1, 0.15) is 30.8 Å². The largest absolute Gasteiger partial charge is 0.388 e. The number of fused-ring (bicyclic) bond motifs is 4. The average molecular weight is 498 g/mol. The van der Waals surface area contributed by atoms with Crippen molar-refractivity contribution in [2.45, 2.75) is 26.2 Å². The van der Waals surface area contributed by atoms with Crippen molar-refractivity contribution < 1.29 is 33.3 Å². The molecule has 2 aromatic carbocycles. The van der Waals surface area contributed by atoms with Crippen molar-refractivity contribution in [1.82, 2.24) is 4.98 Å². The van der Waals surface area contributed by atoms with Crippen molar-refractivity contribution in [3.63, 3.8) is 0 Å². The summed E-state index contributed by atoms with van der Waals surface area (Å²) in [5.41, 5.74) is 7.35. The highest BCUT2D eigenvalue weighted by Gasteiger charge is 2.37. The SMILES string of the molecule is Cc1cc(/C=C/C=C2/N(C)c3ccccc3C2(C)C)[n+]2c(n1)sc1ccccc12.[O-][Cl+3]([O-])([O-])[O-]. The van der Waals surface area contributed by atoms with Gasteiger partial charge in [0.15, 0.2) is 11.2 Å². The molecule has 0 bridgehead atoms. The number of benzene rings is 2. The lowest BCUT2D eigenvalue weighted by molar-refractivity contribution is -2.00. The first-order valence-electron chi connectivity index (χ1n) is 10.5. The molecule has 0 fully saturated rings. The van der Waals surface area contributed by atoms with Crippen molar-refractivity contribution in [3.8, 4) is 0 Å². The predicted molar refractivity (Wildman–Crippen MR) is 123 cm³/mol. The Morgan fingerprint density at radius 3 is 2.38 bits per heavy atom. The van der Waals surface area contributed by atoms with Crippen molar-refractivity contribution in [3.05, 3.63) is 89.4 Å². The van der Waals surface area contributed by atoms with E-state index in [4.69, 9.17) is 23.6 Å². The highest BCUT2D eigenvalue weighted by Crippen LogP contribution is 2.46. The van der Waals surface area contributed by atoms with Crippen LogP contribution in [0.25, 0.3) is 21.3 Å². The van der Waals surface area contributed by atoms with E-state index in [1.807, 2.05) is 0 Å². The van der Waals surface area contributed by atoms with E-state index in [0.29, 0.717) is 0 Å². The third kappa shape index (κ3) is 4.83. The van der Waals surface area contributed by atoms with Crippen LogP contribution in [0, 0.1) is 17.2 Å². The standard InChI is InChI=1S/C25H24N3S.ClHO4/c1-17-16-18(28-21-13-7-8-14-22(21)29-24(28)26-17)10-9-15-23-25(2,3)19-11-5-6-12-20(19)27(23)4;2-1(3,4)5/h5-16H,1-4H3;(H,2,3,4,5)/q+1;/p-1. The van der Waals surface area contributed by atoms with Gasteiger partial charge in [-0.2, -0.15) is 4.40 Å². The molecule has 34 heavy (non-hydrogen) atoms. The second kappa shape index (κ2) is 9.07. The Bertz CT molecular complexity index is 1420. The number of aromatic nitrogens is 2. The number of likely N-dealkylation sites (N-methyl/N-ethyl adjacent to an activating group) is 1. The van der Waals surface area contributed by atoms with Gasteiger partial charge in [-0.15, -0.1) is 10.2 Å². The smallest absolute Gasteiger partial charge is 0.347 e. The van der Waals surface area contributed by atoms with Crippen LogP contribution in [0.2, 0.25) is 0 Å². The van der Waals surface area contributed by atoms with Crippen LogP contribution in [0.15, 0.2) is 72.4 Å². The maximum atomic E-state index is 8.49. The monoisotopic (exact) mass is 497 g/mol. The fourth-order valence-corrected chi connectivity index (χ4v) is 5.51. The molecule has 3 heterocycles. The quantitative estimate of drug-likeness (QED) is 0.380. The number of allylic oxidation sites excluding steroid dienone is 3. The zero-order valence-corrected chi connectivity index (χ0v) is 20.8. The third-order valence-corrected chi connectivity index (χ3v) is 6.87. The molecule has 0 atom stereocenters. The van der Waals surface area contributed by atoms with Crippen LogP contribution in [-0.4, -0.2) is 12.0 Å². The second-order valence-corrected chi connectivity index (χ2v) is 10.3. The van der Waals surface area contributed by atoms with Gasteiger partial charge in [-0.3, -0.25) is 0 Å². The molecule has 0 spiro atoms. The molecule has 0 N–H and O–H groups in total. The van der Waals surface area contributed by atoms with Crippen LogP contribution in [-0.2, 0) is 5.41 Å². The zero-order chi connectivity index (χ0) is 24.7. The second-order valence-electron chi connectivity index (χ2n) is 8.50. The summed E-state index contributed by atoms with van der Waals surface area (Å²) in [6.07, 6.45) is 6.62. The van der Waals surface area contributed by atoms with Gasteiger partial charge < -0.3 is 4.90 Å². The summed E-state index contributed by atoms with van der Waals surface area (Å²) in [4.78, 5) is 8.08. The lowest BCUT2D eigenvalue weighted by atomic mass is 9.84. The van der Waals surface area contributed by atoms with Gasteiger partial charge in [-0.05, 0) is 52.2 Å². The third-order valence-electron chi connectivity index (χ3n) is 5.85. The van der Waals surface area contributed by atoms with Crippen LogP contribution < -0.4 is 27.9 Å². The van der Waals surface area contributed by atoms with Gasteiger partial charge in [-0.1, -0.05) is 50.3 Å². The van der Waals surface area contributed by atoms with E-state index in [1.165, 1.54) is 27.2 Å². The van der Waals surface area contributed by atoms with Gasteiger partial charge in [0.25, 0.3) is 0 Å². The fourth-order valence-electron chi connectivity index (χ4n) is 4.42. The normalized spacial score (nSPS) is 16.4. The fraction of sp³-hybridized carbons (Fsp3) is 0.200. The highest BCUT2D eigenvalue weighted by molar-refractivity contribution is 7.22. The Kier molecular flexibility index (Phi) is 6.48. The number of halogens is 1. The van der Waals surface area contributed by atoms with Gasteiger partial charge in [0.1, 0.15) is 5.69 Å². The molecule has 1 aliphatic heterocycles. The molecule has 1 aliphatic rings. The number of para-hydroxylation sites is 2. The molecule has 9 heteroatoms. The topological polar surface area (TPSA) is 112 Å². The summed E-state index contributed by atoms with van der Waals surface area (Å²) >= 11 is 1.73. The predicted octanol–water partition coefficient (Wildman–Crippen LogP) is 0.912. The van der Waals surface area contributed by atoms with Gasteiger partial charge in [0.05, 0.1) is 4.70 Å². The molecule has 4 aromatic rings. The zero-order valence-electron chi connectivity index (χ0n) is 19.2. The summed E-state index contributed by atoms with van der Waals surface area (Å²) in [6, 6.07) is 19.3. The molecular formula is C25H24ClN3O4S. The van der Waals surface area contributed by atoms with Crippen molar-refractivity contribution >= 4 is 38.3 Å². The van der Waals surface area contributed by atoms with E-state index in [0.717, 1.165) is 16.3 Å². The number of nitrogens with zero attached hydrogens (tertiary/aromatic N) is 3. The molecule has 176 valence electrons. The maximum Gasteiger partial charge on any atom is 0.388 e. The molecule has 0 amide bonds. The minimum absolute atomic E-state index is 0.0125. The first-order chi connectivity index (χ1) is 16.0. The van der Waals surface area contributed by atoms with E-state index in [9.17, 15) is 0 Å². The highest BCUT2D eigenvalue weighted by atomic mass is 35.7. The minimum Gasteiger partial charge on any atom is -0.347 e. The molecule has 7 nitrogen and oxygen atoms in total. The lowest BCUT2D eigenvalue weighted by Gasteiger charge is -2.23. The van der Waals surface area contributed by atoms with Gasteiger partial charge in [0, 0.05) is 36.8 Å². The van der Waals surface area contributed by atoms with E-state index >= 15 is 0 Å². The van der Waals surface area contributed by atoms with Crippen LogP contribution in [0.3, 0.4) is 0 Å². The van der Waals surface area contributed by atoms with Crippen molar-refractivity contribution in [2.24, 2.45) is 0 Å².